The molecular weight excluding hydrogens is 276 g/mol. The molecule has 1 N–H and O–H groups in total. The number of rotatable bonds is 6. The number of carbonyl (C=O) groups is 1. The Morgan fingerprint density at radius 2 is 1.77 bits per heavy atom. The number of benzene rings is 2. The van der Waals surface area contributed by atoms with Gasteiger partial charge < -0.3 is 4.74 Å². The summed E-state index contributed by atoms with van der Waals surface area (Å²) in [6, 6.07) is 17.6. The van der Waals surface area contributed by atoms with Gasteiger partial charge in [-0.2, -0.15) is 5.10 Å². The monoisotopic (exact) mass is 296 g/mol. The zero-order valence-electron chi connectivity index (χ0n) is 12.9. The third-order valence-corrected chi connectivity index (χ3v) is 3.21. The van der Waals surface area contributed by atoms with Gasteiger partial charge in [-0.3, -0.25) is 4.79 Å². The van der Waals surface area contributed by atoms with Gasteiger partial charge >= 0.3 is 0 Å². The van der Waals surface area contributed by atoms with Crippen molar-refractivity contribution in [3.05, 3.63) is 54.6 Å². The van der Waals surface area contributed by atoms with E-state index in [0.717, 1.165) is 23.3 Å². The highest BCUT2D eigenvalue weighted by molar-refractivity contribution is 5.84. The lowest BCUT2D eigenvalue weighted by Gasteiger charge is -2.11. The maximum Gasteiger partial charge on any atom is 0.277 e. The first kappa shape index (κ1) is 15.8. The van der Waals surface area contributed by atoms with Crippen LogP contribution in [0.25, 0.3) is 11.1 Å². The zero-order chi connectivity index (χ0) is 15.8. The van der Waals surface area contributed by atoms with E-state index >= 15 is 0 Å². The Labute approximate surface area is 130 Å². The predicted molar refractivity (Wildman–Crippen MR) is 88.9 cm³/mol. The summed E-state index contributed by atoms with van der Waals surface area (Å²) in [6.07, 6.45) is 0.804. The first-order valence-corrected chi connectivity index (χ1v) is 7.30. The number of nitrogens with zero attached hydrogens (tertiary/aromatic N) is 1. The van der Waals surface area contributed by atoms with E-state index in [-0.39, 0.29) is 12.5 Å². The normalized spacial score (nSPS) is 11.1. The standard InChI is InChI=1S/C18H20N2O2/c1-3-14(2)19-20-18(21)13-22-17-12-8-7-11-16(17)15-9-5-4-6-10-15/h4-12H,3,13H2,1-2H3,(H,20,21). The molecule has 0 fully saturated rings. The van der Waals surface area contributed by atoms with E-state index in [0.29, 0.717) is 5.75 Å². The van der Waals surface area contributed by atoms with Crippen LogP contribution in [-0.2, 0) is 4.79 Å². The van der Waals surface area contributed by atoms with Crippen LogP contribution < -0.4 is 10.2 Å². The Balaban J connectivity index is 2.04. The third-order valence-electron chi connectivity index (χ3n) is 3.21. The van der Waals surface area contributed by atoms with E-state index in [1.807, 2.05) is 68.4 Å². The maximum atomic E-state index is 11.7. The third kappa shape index (κ3) is 4.45. The number of para-hydroxylation sites is 1. The molecule has 2 aromatic rings. The molecule has 0 aliphatic heterocycles. The van der Waals surface area contributed by atoms with Gasteiger partial charge in [-0.25, -0.2) is 5.43 Å². The van der Waals surface area contributed by atoms with E-state index in [1.54, 1.807) is 0 Å². The van der Waals surface area contributed by atoms with Crippen LogP contribution in [0.4, 0.5) is 0 Å². The minimum Gasteiger partial charge on any atom is -0.483 e. The molecule has 2 rings (SSSR count). The van der Waals surface area contributed by atoms with Crippen molar-refractivity contribution in [3.63, 3.8) is 0 Å². The molecule has 0 aliphatic rings. The van der Waals surface area contributed by atoms with Crippen molar-refractivity contribution in [2.75, 3.05) is 6.61 Å². The second-order valence-corrected chi connectivity index (χ2v) is 4.89. The van der Waals surface area contributed by atoms with Gasteiger partial charge in [0.1, 0.15) is 5.75 Å². The molecule has 22 heavy (non-hydrogen) atoms. The Hall–Kier alpha value is -2.62. The highest BCUT2D eigenvalue weighted by Gasteiger charge is 2.07. The fourth-order valence-corrected chi connectivity index (χ4v) is 1.86. The van der Waals surface area contributed by atoms with Gasteiger partial charge in [0, 0.05) is 11.3 Å². The van der Waals surface area contributed by atoms with Crippen LogP contribution in [-0.4, -0.2) is 18.2 Å². The second-order valence-electron chi connectivity index (χ2n) is 4.89. The molecule has 2 aromatic carbocycles. The number of hydrogen-bond acceptors (Lipinski definition) is 3. The van der Waals surface area contributed by atoms with Crippen molar-refractivity contribution in [2.45, 2.75) is 20.3 Å². The molecule has 0 heterocycles. The Morgan fingerprint density at radius 1 is 1.09 bits per heavy atom. The molecule has 0 radical (unpaired) electrons. The van der Waals surface area contributed by atoms with Gasteiger partial charge in [-0.05, 0) is 25.0 Å². The smallest absolute Gasteiger partial charge is 0.277 e. The lowest BCUT2D eigenvalue weighted by Crippen LogP contribution is -2.25. The van der Waals surface area contributed by atoms with E-state index in [4.69, 9.17) is 4.74 Å². The first-order valence-electron chi connectivity index (χ1n) is 7.30. The minimum absolute atomic E-state index is 0.0651. The molecule has 0 saturated carbocycles. The summed E-state index contributed by atoms with van der Waals surface area (Å²) in [5, 5.41) is 3.97. The van der Waals surface area contributed by atoms with Crippen LogP contribution in [0.5, 0.6) is 5.75 Å². The van der Waals surface area contributed by atoms with E-state index < -0.39 is 0 Å². The Morgan fingerprint density at radius 3 is 2.50 bits per heavy atom. The summed E-state index contributed by atoms with van der Waals surface area (Å²) >= 11 is 0. The van der Waals surface area contributed by atoms with Crippen molar-refractivity contribution in [1.82, 2.24) is 5.43 Å². The minimum atomic E-state index is -0.268. The topological polar surface area (TPSA) is 50.7 Å². The Kier molecular flexibility index (Phi) is 5.72. The van der Waals surface area contributed by atoms with E-state index in [1.165, 1.54) is 0 Å². The molecule has 0 saturated heterocycles. The number of amides is 1. The van der Waals surface area contributed by atoms with E-state index in [2.05, 4.69) is 10.5 Å². The average Bonchev–Trinajstić information content (AvgIpc) is 2.58. The molecule has 0 spiro atoms. The van der Waals surface area contributed by atoms with Crippen LogP contribution in [0.2, 0.25) is 0 Å². The fraction of sp³-hybridized carbons (Fsp3) is 0.222. The lowest BCUT2D eigenvalue weighted by molar-refractivity contribution is -0.123. The van der Waals surface area contributed by atoms with Gasteiger partial charge in [-0.1, -0.05) is 55.5 Å². The van der Waals surface area contributed by atoms with Crippen molar-refractivity contribution in [2.24, 2.45) is 5.10 Å². The van der Waals surface area contributed by atoms with Crippen LogP contribution >= 0.6 is 0 Å². The number of nitrogens with one attached hydrogen (secondary N) is 1. The van der Waals surface area contributed by atoms with Gasteiger partial charge in [-0.15, -0.1) is 0 Å². The van der Waals surface area contributed by atoms with Crippen molar-refractivity contribution >= 4 is 11.6 Å². The van der Waals surface area contributed by atoms with Crippen molar-refractivity contribution in [1.29, 1.82) is 0 Å². The molecule has 0 aliphatic carbocycles. The maximum absolute atomic E-state index is 11.7. The van der Waals surface area contributed by atoms with Crippen LogP contribution in [0.15, 0.2) is 59.7 Å². The number of hydrazone groups is 1. The quantitative estimate of drug-likeness (QED) is 0.653. The molecule has 0 bridgehead atoms. The summed E-state index contributed by atoms with van der Waals surface area (Å²) in [4.78, 5) is 11.7. The molecule has 4 heteroatoms. The van der Waals surface area contributed by atoms with Gasteiger partial charge in [0.05, 0.1) is 0 Å². The molecular formula is C18H20N2O2. The van der Waals surface area contributed by atoms with E-state index in [9.17, 15) is 4.79 Å². The molecule has 4 nitrogen and oxygen atoms in total. The molecule has 0 aromatic heterocycles. The van der Waals surface area contributed by atoms with Crippen LogP contribution in [0, 0.1) is 0 Å². The SMILES string of the molecule is CCC(C)=NNC(=O)COc1ccccc1-c1ccccc1. The lowest BCUT2D eigenvalue weighted by atomic mass is 10.1. The van der Waals surface area contributed by atoms with Gasteiger partial charge in [0.25, 0.3) is 5.91 Å². The Bertz CT molecular complexity index is 651. The number of hydrogen-bond donors (Lipinski definition) is 1. The number of ether oxygens (including phenoxy) is 1. The van der Waals surface area contributed by atoms with Gasteiger partial charge in [0.2, 0.25) is 0 Å². The summed E-state index contributed by atoms with van der Waals surface area (Å²) in [5.41, 5.74) is 5.38. The summed E-state index contributed by atoms with van der Waals surface area (Å²) < 4.78 is 5.64. The molecule has 114 valence electrons. The summed E-state index contributed by atoms with van der Waals surface area (Å²) in [6.45, 7) is 3.79. The van der Waals surface area contributed by atoms with Crippen molar-refractivity contribution in [3.8, 4) is 16.9 Å². The molecule has 0 atom stereocenters. The van der Waals surface area contributed by atoms with Crippen LogP contribution in [0.3, 0.4) is 0 Å². The zero-order valence-corrected chi connectivity index (χ0v) is 12.9. The largest absolute Gasteiger partial charge is 0.483 e. The average molecular weight is 296 g/mol. The molecule has 1 amide bonds. The summed E-state index contributed by atoms with van der Waals surface area (Å²) in [7, 11) is 0. The highest BCUT2D eigenvalue weighted by Crippen LogP contribution is 2.29. The first-order chi connectivity index (χ1) is 10.7. The van der Waals surface area contributed by atoms with Crippen LogP contribution in [0.1, 0.15) is 20.3 Å². The van der Waals surface area contributed by atoms with Gasteiger partial charge in [0.15, 0.2) is 6.61 Å². The molecule has 0 unspecified atom stereocenters. The van der Waals surface area contributed by atoms with Crippen molar-refractivity contribution < 1.29 is 9.53 Å². The summed E-state index contributed by atoms with van der Waals surface area (Å²) in [5.74, 6) is 0.413. The number of carbonyl (C=O) groups excluding carboxylic acids is 1. The predicted octanol–water partition coefficient (Wildman–Crippen LogP) is 3.63. The second kappa shape index (κ2) is 7.98. The highest BCUT2D eigenvalue weighted by atomic mass is 16.5. The fourth-order valence-electron chi connectivity index (χ4n) is 1.86.